The quantitative estimate of drug-likeness (QED) is 0.927. The number of rotatable bonds is 4. The fraction of sp³-hybridized carbons (Fsp3) is 0.474. The van der Waals surface area contributed by atoms with Gasteiger partial charge in [-0.25, -0.2) is 9.18 Å². The van der Waals surface area contributed by atoms with E-state index in [1.54, 1.807) is 12.1 Å². The summed E-state index contributed by atoms with van der Waals surface area (Å²) in [5, 5.41) is 7.54. The maximum absolute atomic E-state index is 13.1. The van der Waals surface area contributed by atoms with E-state index in [0.29, 0.717) is 12.6 Å². The average Bonchev–Trinajstić information content (AvgIpc) is 3.38. The van der Waals surface area contributed by atoms with Crippen LogP contribution in [0, 0.1) is 5.82 Å². The highest BCUT2D eigenvalue weighted by Crippen LogP contribution is 2.32. The fourth-order valence-corrected chi connectivity index (χ4v) is 3.63. The lowest BCUT2D eigenvalue weighted by atomic mass is 9.93. The molecule has 132 valence electrons. The van der Waals surface area contributed by atoms with E-state index in [1.165, 1.54) is 17.8 Å². The number of hydrogen-bond donors (Lipinski definition) is 1. The maximum atomic E-state index is 13.1. The van der Waals surface area contributed by atoms with Gasteiger partial charge >= 0.3 is 6.03 Å². The third kappa shape index (κ3) is 3.38. The van der Waals surface area contributed by atoms with Gasteiger partial charge in [-0.3, -0.25) is 4.68 Å². The molecule has 2 aromatic rings. The van der Waals surface area contributed by atoms with Crippen molar-refractivity contribution in [3.05, 3.63) is 53.1 Å². The number of nitrogens with zero attached hydrogens (tertiary/aromatic N) is 3. The number of nitrogens with one attached hydrogen (secondary N) is 1. The molecule has 0 spiro atoms. The standard InChI is InChI=1S/C19H23FN4O/c1-23-18-4-2-3-17(16(18)11-21-23)22-19(25)24(15-9-10-15)12-13-5-7-14(20)8-6-13/h5-8,11,15,17H,2-4,9-10,12H2,1H3,(H,22,25). The highest BCUT2D eigenvalue weighted by Gasteiger charge is 2.34. The fourth-order valence-electron chi connectivity index (χ4n) is 3.63. The molecule has 0 saturated heterocycles. The normalized spacial score (nSPS) is 19.4. The van der Waals surface area contributed by atoms with Crippen LogP contribution in [0.1, 0.15) is 48.5 Å². The first-order valence-corrected chi connectivity index (χ1v) is 8.94. The summed E-state index contributed by atoms with van der Waals surface area (Å²) in [6.45, 7) is 0.517. The van der Waals surface area contributed by atoms with Crippen molar-refractivity contribution >= 4 is 6.03 Å². The molecule has 0 aliphatic heterocycles. The number of amides is 2. The predicted molar refractivity (Wildman–Crippen MR) is 92.4 cm³/mol. The van der Waals surface area contributed by atoms with Crippen molar-refractivity contribution in [1.29, 1.82) is 0 Å². The van der Waals surface area contributed by atoms with Crippen LogP contribution in [0.3, 0.4) is 0 Å². The molecule has 0 bridgehead atoms. The molecule has 1 aromatic heterocycles. The molecule has 4 rings (SSSR count). The van der Waals surface area contributed by atoms with Gasteiger partial charge in [-0.05, 0) is 49.8 Å². The smallest absolute Gasteiger partial charge is 0.318 e. The number of urea groups is 1. The average molecular weight is 342 g/mol. The van der Waals surface area contributed by atoms with Crippen LogP contribution in [-0.4, -0.2) is 26.8 Å². The minimum absolute atomic E-state index is 0.0272. The summed E-state index contributed by atoms with van der Waals surface area (Å²) < 4.78 is 15.0. The zero-order chi connectivity index (χ0) is 17.4. The Balaban J connectivity index is 1.47. The van der Waals surface area contributed by atoms with Crippen molar-refractivity contribution in [2.24, 2.45) is 7.05 Å². The highest BCUT2D eigenvalue weighted by atomic mass is 19.1. The number of carbonyl (C=O) groups is 1. The van der Waals surface area contributed by atoms with Crippen molar-refractivity contribution in [3.8, 4) is 0 Å². The molecule has 25 heavy (non-hydrogen) atoms. The Bertz CT molecular complexity index is 766. The van der Waals surface area contributed by atoms with Gasteiger partial charge in [0.15, 0.2) is 0 Å². The van der Waals surface area contributed by atoms with Gasteiger partial charge in [0.25, 0.3) is 0 Å². The van der Waals surface area contributed by atoms with E-state index in [2.05, 4.69) is 10.4 Å². The lowest BCUT2D eigenvalue weighted by Gasteiger charge is -2.29. The number of halogens is 1. The molecule has 2 aliphatic carbocycles. The van der Waals surface area contributed by atoms with E-state index in [-0.39, 0.29) is 17.9 Å². The minimum atomic E-state index is -0.252. The number of hydrogen-bond acceptors (Lipinski definition) is 2. The van der Waals surface area contributed by atoms with Gasteiger partial charge in [-0.1, -0.05) is 12.1 Å². The zero-order valence-corrected chi connectivity index (χ0v) is 14.4. The van der Waals surface area contributed by atoms with Gasteiger partial charge in [0, 0.05) is 30.9 Å². The van der Waals surface area contributed by atoms with Gasteiger partial charge in [-0.2, -0.15) is 5.10 Å². The van der Waals surface area contributed by atoms with Gasteiger partial charge in [0.1, 0.15) is 5.82 Å². The van der Waals surface area contributed by atoms with Crippen LogP contribution < -0.4 is 5.32 Å². The summed E-state index contributed by atoms with van der Waals surface area (Å²) in [6, 6.07) is 6.67. The number of fused-ring (bicyclic) bond motifs is 1. The largest absolute Gasteiger partial charge is 0.331 e. The molecule has 1 aromatic carbocycles. The van der Waals surface area contributed by atoms with Crippen molar-refractivity contribution in [1.82, 2.24) is 20.0 Å². The molecule has 1 saturated carbocycles. The molecule has 2 aliphatic rings. The Kier molecular flexibility index (Phi) is 4.19. The maximum Gasteiger partial charge on any atom is 0.318 e. The number of carbonyl (C=O) groups excluding carboxylic acids is 1. The summed E-state index contributed by atoms with van der Waals surface area (Å²) in [7, 11) is 1.95. The molecule has 2 amide bonds. The molecule has 6 heteroatoms. The predicted octanol–water partition coefficient (Wildman–Crippen LogP) is 3.31. The second-order valence-corrected chi connectivity index (χ2v) is 7.05. The number of benzene rings is 1. The van der Waals surface area contributed by atoms with Crippen molar-refractivity contribution in [3.63, 3.8) is 0 Å². The Morgan fingerprint density at radius 3 is 2.80 bits per heavy atom. The number of aromatic nitrogens is 2. The van der Waals surface area contributed by atoms with Crippen LogP contribution in [-0.2, 0) is 20.0 Å². The van der Waals surface area contributed by atoms with Crippen LogP contribution in [0.15, 0.2) is 30.5 Å². The number of aryl methyl sites for hydroxylation is 1. The van der Waals surface area contributed by atoms with Gasteiger partial charge in [-0.15, -0.1) is 0 Å². The molecule has 5 nitrogen and oxygen atoms in total. The van der Waals surface area contributed by atoms with E-state index >= 15 is 0 Å². The molecule has 1 N–H and O–H groups in total. The molecular weight excluding hydrogens is 319 g/mol. The minimum Gasteiger partial charge on any atom is -0.331 e. The third-order valence-corrected chi connectivity index (χ3v) is 5.19. The topological polar surface area (TPSA) is 50.2 Å². The Morgan fingerprint density at radius 2 is 2.08 bits per heavy atom. The molecule has 0 radical (unpaired) electrons. The molecule has 1 unspecified atom stereocenters. The Hall–Kier alpha value is -2.37. The Labute approximate surface area is 146 Å². The van der Waals surface area contributed by atoms with Crippen molar-refractivity contribution in [2.45, 2.75) is 50.7 Å². The lowest BCUT2D eigenvalue weighted by Crippen LogP contribution is -2.43. The van der Waals surface area contributed by atoms with E-state index in [4.69, 9.17) is 0 Å². The highest BCUT2D eigenvalue weighted by molar-refractivity contribution is 5.75. The second kappa shape index (κ2) is 6.50. The molecule has 1 heterocycles. The van der Waals surface area contributed by atoms with E-state index in [0.717, 1.165) is 43.2 Å². The Morgan fingerprint density at radius 1 is 1.32 bits per heavy atom. The third-order valence-electron chi connectivity index (χ3n) is 5.19. The monoisotopic (exact) mass is 342 g/mol. The van der Waals surface area contributed by atoms with Crippen LogP contribution in [0.4, 0.5) is 9.18 Å². The van der Waals surface area contributed by atoms with Crippen LogP contribution in [0.2, 0.25) is 0 Å². The second-order valence-electron chi connectivity index (χ2n) is 7.05. The van der Waals surface area contributed by atoms with E-state index < -0.39 is 0 Å². The summed E-state index contributed by atoms with van der Waals surface area (Å²) in [5.41, 5.74) is 3.31. The first-order valence-electron chi connectivity index (χ1n) is 8.94. The summed E-state index contributed by atoms with van der Waals surface area (Å²) in [5.74, 6) is -0.252. The zero-order valence-electron chi connectivity index (χ0n) is 14.4. The summed E-state index contributed by atoms with van der Waals surface area (Å²) >= 11 is 0. The van der Waals surface area contributed by atoms with Crippen LogP contribution in [0.5, 0.6) is 0 Å². The molecule has 1 fully saturated rings. The van der Waals surface area contributed by atoms with Crippen LogP contribution >= 0.6 is 0 Å². The first-order chi connectivity index (χ1) is 12.1. The van der Waals surface area contributed by atoms with Gasteiger partial charge in [0.2, 0.25) is 0 Å². The summed E-state index contributed by atoms with van der Waals surface area (Å²) in [4.78, 5) is 14.8. The van der Waals surface area contributed by atoms with Crippen molar-refractivity contribution < 1.29 is 9.18 Å². The van der Waals surface area contributed by atoms with Crippen LogP contribution in [0.25, 0.3) is 0 Å². The van der Waals surface area contributed by atoms with E-state index in [1.807, 2.05) is 22.8 Å². The van der Waals surface area contributed by atoms with Gasteiger partial charge < -0.3 is 10.2 Å². The summed E-state index contributed by atoms with van der Waals surface area (Å²) in [6.07, 6.45) is 6.97. The molecular formula is C19H23FN4O. The van der Waals surface area contributed by atoms with Crippen molar-refractivity contribution in [2.75, 3.05) is 0 Å². The molecule has 1 atom stereocenters. The van der Waals surface area contributed by atoms with Gasteiger partial charge in [0.05, 0.1) is 12.2 Å². The van der Waals surface area contributed by atoms with E-state index in [9.17, 15) is 9.18 Å². The SMILES string of the molecule is Cn1ncc2c1CCCC2NC(=O)N(Cc1ccc(F)cc1)C1CC1. The first kappa shape index (κ1) is 16.1. The lowest BCUT2D eigenvalue weighted by molar-refractivity contribution is 0.186.